The molecule has 0 aromatic carbocycles. The summed E-state index contributed by atoms with van der Waals surface area (Å²) in [6.07, 6.45) is 7.69. The van der Waals surface area contributed by atoms with Gasteiger partial charge in [0.15, 0.2) is 0 Å². The molecule has 0 aliphatic heterocycles. The maximum atomic E-state index is 11.4. The van der Waals surface area contributed by atoms with E-state index in [9.17, 15) is 4.79 Å². The van der Waals surface area contributed by atoms with E-state index >= 15 is 0 Å². The Kier molecular flexibility index (Phi) is 5.09. The van der Waals surface area contributed by atoms with Crippen molar-refractivity contribution in [3.8, 4) is 0 Å². The molecule has 0 saturated heterocycles. The predicted octanol–water partition coefficient (Wildman–Crippen LogP) is 1.81. The van der Waals surface area contributed by atoms with Gasteiger partial charge in [-0.15, -0.1) is 0 Å². The second-order valence-corrected chi connectivity index (χ2v) is 4.79. The van der Waals surface area contributed by atoms with Gasteiger partial charge in [-0.2, -0.15) is 0 Å². The van der Waals surface area contributed by atoms with E-state index in [0.717, 1.165) is 13.0 Å². The molecule has 0 unspecified atom stereocenters. The van der Waals surface area contributed by atoms with E-state index in [1.54, 1.807) is 0 Å². The van der Waals surface area contributed by atoms with Gasteiger partial charge >= 0.3 is 0 Å². The van der Waals surface area contributed by atoms with E-state index in [0.29, 0.717) is 13.0 Å². The lowest BCUT2D eigenvalue weighted by atomic mass is 10.1. The van der Waals surface area contributed by atoms with Gasteiger partial charge in [0.1, 0.15) is 0 Å². The van der Waals surface area contributed by atoms with Gasteiger partial charge < -0.3 is 11.1 Å². The lowest BCUT2D eigenvalue weighted by Gasteiger charge is -2.13. The van der Waals surface area contributed by atoms with Crippen molar-refractivity contribution in [2.75, 3.05) is 13.1 Å². The molecule has 1 amide bonds. The third-order valence-electron chi connectivity index (χ3n) is 3.31. The zero-order valence-corrected chi connectivity index (χ0v) is 9.85. The Morgan fingerprint density at radius 3 is 2.60 bits per heavy atom. The first-order valence-electron chi connectivity index (χ1n) is 6.19. The smallest absolute Gasteiger partial charge is 0.220 e. The van der Waals surface area contributed by atoms with Gasteiger partial charge in [-0.25, -0.2) is 0 Å². The SMILES string of the molecule is CCCCCCC(=O)NCC1(CN)CC1. The molecule has 0 aromatic rings. The van der Waals surface area contributed by atoms with Crippen molar-refractivity contribution in [3.63, 3.8) is 0 Å². The average molecular weight is 212 g/mol. The highest BCUT2D eigenvalue weighted by Crippen LogP contribution is 2.43. The molecule has 15 heavy (non-hydrogen) atoms. The zero-order chi connectivity index (χ0) is 11.1. The minimum Gasteiger partial charge on any atom is -0.355 e. The van der Waals surface area contributed by atoms with Crippen LogP contribution >= 0.6 is 0 Å². The van der Waals surface area contributed by atoms with Gasteiger partial charge in [0.2, 0.25) is 5.91 Å². The number of hydrogen-bond acceptors (Lipinski definition) is 2. The summed E-state index contributed by atoms with van der Waals surface area (Å²) in [6.45, 7) is 3.68. The number of amides is 1. The molecule has 1 saturated carbocycles. The predicted molar refractivity (Wildman–Crippen MR) is 62.5 cm³/mol. The van der Waals surface area contributed by atoms with Gasteiger partial charge in [0, 0.05) is 13.0 Å². The molecule has 3 nitrogen and oxygen atoms in total. The largest absolute Gasteiger partial charge is 0.355 e. The molecule has 0 atom stereocenters. The number of unbranched alkanes of at least 4 members (excludes halogenated alkanes) is 3. The van der Waals surface area contributed by atoms with Crippen LogP contribution in [0.4, 0.5) is 0 Å². The highest BCUT2D eigenvalue weighted by Gasteiger charge is 2.41. The Morgan fingerprint density at radius 1 is 1.33 bits per heavy atom. The van der Waals surface area contributed by atoms with Crippen molar-refractivity contribution in [1.82, 2.24) is 5.32 Å². The number of carbonyl (C=O) groups excluding carboxylic acids is 1. The Labute approximate surface area is 92.8 Å². The van der Waals surface area contributed by atoms with Crippen molar-refractivity contribution < 1.29 is 4.79 Å². The molecule has 0 spiro atoms. The van der Waals surface area contributed by atoms with Crippen LogP contribution in [0, 0.1) is 5.41 Å². The Hall–Kier alpha value is -0.570. The van der Waals surface area contributed by atoms with Gasteiger partial charge in [0.05, 0.1) is 0 Å². The fourth-order valence-electron chi connectivity index (χ4n) is 1.72. The molecule has 1 aliphatic carbocycles. The van der Waals surface area contributed by atoms with E-state index in [-0.39, 0.29) is 11.3 Å². The van der Waals surface area contributed by atoms with Crippen molar-refractivity contribution in [1.29, 1.82) is 0 Å². The van der Waals surface area contributed by atoms with Gasteiger partial charge in [-0.1, -0.05) is 26.2 Å². The molecular formula is C12H24N2O. The molecule has 0 heterocycles. The first kappa shape index (κ1) is 12.5. The molecule has 0 aromatic heterocycles. The highest BCUT2D eigenvalue weighted by atomic mass is 16.1. The summed E-state index contributed by atoms with van der Waals surface area (Å²) in [5.41, 5.74) is 5.91. The normalized spacial score (nSPS) is 17.5. The lowest BCUT2D eigenvalue weighted by molar-refractivity contribution is -0.121. The average Bonchev–Trinajstić information content (AvgIpc) is 3.02. The topological polar surface area (TPSA) is 55.1 Å². The van der Waals surface area contributed by atoms with Crippen LogP contribution in [0.15, 0.2) is 0 Å². The summed E-state index contributed by atoms with van der Waals surface area (Å²) in [7, 11) is 0. The standard InChI is InChI=1S/C12H24N2O/c1-2-3-4-5-6-11(15)14-10-12(9-13)7-8-12/h2-10,13H2,1H3,(H,14,15). The van der Waals surface area contributed by atoms with Crippen LogP contribution in [0.3, 0.4) is 0 Å². The first-order valence-corrected chi connectivity index (χ1v) is 6.19. The molecule has 3 N–H and O–H groups in total. The van der Waals surface area contributed by atoms with Crippen molar-refractivity contribution in [2.24, 2.45) is 11.1 Å². The number of nitrogens with one attached hydrogen (secondary N) is 1. The quantitative estimate of drug-likeness (QED) is 0.603. The minimum atomic E-state index is 0.200. The Bertz CT molecular complexity index is 200. The summed E-state index contributed by atoms with van der Waals surface area (Å²) in [6, 6.07) is 0. The van der Waals surface area contributed by atoms with Crippen LogP contribution < -0.4 is 11.1 Å². The van der Waals surface area contributed by atoms with Gasteiger partial charge in [0.25, 0.3) is 0 Å². The van der Waals surface area contributed by atoms with E-state index in [2.05, 4.69) is 12.2 Å². The third kappa shape index (κ3) is 4.65. The summed E-state index contributed by atoms with van der Waals surface area (Å²) < 4.78 is 0. The monoisotopic (exact) mass is 212 g/mol. The highest BCUT2D eigenvalue weighted by molar-refractivity contribution is 5.75. The fraction of sp³-hybridized carbons (Fsp3) is 0.917. The molecule has 88 valence electrons. The van der Waals surface area contributed by atoms with E-state index in [1.165, 1.54) is 32.1 Å². The van der Waals surface area contributed by atoms with Crippen LogP contribution in [0.25, 0.3) is 0 Å². The van der Waals surface area contributed by atoms with Crippen LogP contribution in [0.5, 0.6) is 0 Å². The number of nitrogens with two attached hydrogens (primary N) is 1. The van der Waals surface area contributed by atoms with E-state index < -0.39 is 0 Å². The van der Waals surface area contributed by atoms with Gasteiger partial charge in [-0.05, 0) is 31.2 Å². The zero-order valence-electron chi connectivity index (χ0n) is 9.85. The number of rotatable bonds is 8. The molecule has 1 aliphatic rings. The molecule has 1 fully saturated rings. The Morgan fingerprint density at radius 2 is 2.07 bits per heavy atom. The Balaban J connectivity index is 1.99. The maximum absolute atomic E-state index is 11.4. The molecule has 0 radical (unpaired) electrons. The summed E-state index contributed by atoms with van der Waals surface area (Å²) >= 11 is 0. The maximum Gasteiger partial charge on any atom is 0.220 e. The summed E-state index contributed by atoms with van der Waals surface area (Å²) in [5, 5.41) is 2.99. The number of carbonyl (C=O) groups is 1. The minimum absolute atomic E-state index is 0.200. The van der Waals surface area contributed by atoms with Crippen molar-refractivity contribution in [2.45, 2.75) is 51.9 Å². The molecule has 0 bridgehead atoms. The molecule has 3 heteroatoms. The first-order chi connectivity index (χ1) is 7.22. The number of hydrogen-bond donors (Lipinski definition) is 2. The van der Waals surface area contributed by atoms with Crippen LogP contribution in [0.2, 0.25) is 0 Å². The van der Waals surface area contributed by atoms with Crippen LogP contribution in [0.1, 0.15) is 51.9 Å². The van der Waals surface area contributed by atoms with Crippen LogP contribution in [-0.2, 0) is 4.79 Å². The van der Waals surface area contributed by atoms with E-state index in [1.807, 2.05) is 0 Å². The lowest BCUT2D eigenvalue weighted by Crippen LogP contribution is -2.33. The van der Waals surface area contributed by atoms with Crippen LogP contribution in [-0.4, -0.2) is 19.0 Å². The summed E-state index contributed by atoms with van der Waals surface area (Å²) in [4.78, 5) is 11.4. The molecule has 1 rings (SSSR count). The molecular weight excluding hydrogens is 188 g/mol. The van der Waals surface area contributed by atoms with E-state index in [4.69, 9.17) is 5.73 Å². The third-order valence-corrected chi connectivity index (χ3v) is 3.31. The second-order valence-electron chi connectivity index (χ2n) is 4.79. The fourth-order valence-corrected chi connectivity index (χ4v) is 1.72. The second kappa shape index (κ2) is 6.11. The van der Waals surface area contributed by atoms with Crippen molar-refractivity contribution >= 4 is 5.91 Å². The van der Waals surface area contributed by atoms with Gasteiger partial charge in [-0.3, -0.25) is 4.79 Å². The summed E-state index contributed by atoms with van der Waals surface area (Å²) in [5.74, 6) is 0.200. The van der Waals surface area contributed by atoms with Crippen molar-refractivity contribution in [3.05, 3.63) is 0 Å².